The summed E-state index contributed by atoms with van der Waals surface area (Å²) in [5.74, 6) is 0.892. The molecule has 0 radical (unpaired) electrons. The predicted octanol–water partition coefficient (Wildman–Crippen LogP) is 6.56. The van der Waals surface area contributed by atoms with Gasteiger partial charge in [-0.2, -0.15) is 0 Å². The van der Waals surface area contributed by atoms with Crippen LogP contribution in [-0.2, 0) is 11.4 Å². The highest BCUT2D eigenvalue weighted by Gasteiger charge is 2.06. The van der Waals surface area contributed by atoms with Crippen LogP contribution in [0.15, 0.2) is 78.9 Å². The average molecular weight is 430 g/mol. The fraction of sp³-hybridized carbons (Fsp3) is 0.0769. The summed E-state index contributed by atoms with van der Waals surface area (Å²) in [6.07, 6.45) is 3.89. The number of esters is 1. The van der Waals surface area contributed by atoms with Crippen LogP contribution in [0.25, 0.3) is 23.1 Å². The lowest BCUT2D eigenvalue weighted by molar-refractivity contribution is -0.131. The molecule has 0 saturated carbocycles. The van der Waals surface area contributed by atoms with Crippen LogP contribution in [0.4, 0.5) is 0 Å². The summed E-state index contributed by atoms with van der Waals surface area (Å²) in [5, 5.41) is 1.68. The quantitative estimate of drug-likeness (QED) is 0.257. The second kappa shape index (κ2) is 9.45. The molecule has 3 aromatic carbocycles. The van der Waals surface area contributed by atoms with Gasteiger partial charge < -0.3 is 9.47 Å². The fourth-order valence-corrected chi connectivity index (χ4v) is 3.30. The molecule has 0 aliphatic heterocycles. The molecule has 1 aromatic heterocycles. The molecule has 0 N–H and O–H groups in total. The Labute approximate surface area is 185 Å². The molecule has 0 amide bonds. The molecule has 5 heteroatoms. The number of hydrogen-bond acceptors (Lipinski definition) is 4. The topological polar surface area (TPSA) is 48.4 Å². The van der Waals surface area contributed by atoms with Crippen molar-refractivity contribution in [3.8, 4) is 11.5 Å². The third-order valence-corrected chi connectivity index (χ3v) is 5.00. The van der Waals surface area contributed by atoms with Gasteiger partial charge in [0, 0.05) is 22.9 Å². The van der Waals surface area contributed by atoms with Crippen molar-refractivity contribution in [1.29, 1.82) is 0 Å². The van der Waals surface area contributed by atoms with E-state index in [0.717, 1.165) is 27.7 Å². The van der Waals surface area contributed by atoms with E-state index in [0.29, 0.717) is 23.1 Å². The molecule has 0 saturated heterocycles. The highest BCUT2D eigenvalue weighted by atomic mass is 35.5. The highest BCUT2D eigenvalue weighted by Crippen LogP contribution is 2.26. The van der Waals surface area contributed by atoms with Crippen LogP contribution >= 0.6 is 11.6 Å². The van der Waals surface area contributed by atoms with Gasteiger partial charge in [0.1, 0.15) is 23.6 Å². The lowest BCUT2D eigenvalue weighted by Gasteiger charge is -2.10. The van der Waals surface area contributed by atoms with Gasteiger partial charge in [0.05, 0.1) is 5.69 Å². The second-order valence-electron chi connectivity index (χ2n) is 6.94. The summed E-state index contributed by atoms with van der Waals surface area (Å²) < 4.78 is 11.1. The van der Waals surface area contributed by atoms with E-state index < -0.39 is 0 Å². The molecule has 0 fully saturated rings. The normalized spacial score (nSPS) is 11.0. The van der Waals surface area contributed by atoms with E-state index in [9.17, 15) is 4.79 Å². The highest BCUT2D eigenvalue weighted by molar-refractivity contribution is 6.31. The zero-order valence-corrected chi connectivity index (χ0v) is 17.7. The molecule has 0 unspecified atom stereocenters. The molecule has 4 aromatic rings. The maximum absolute atomic E-state index is 11.0. The van der Waals surface area contributed by atoms with E-state index in [1.54, 1.807) is 12.1 Å². The van der Waals surface area contributed by atoms with Crippen molar-refractivity contribution in [1.82, 2.24) is 4.98 Å². The Hall–Kier alpha value is -3.63. The Bertz CT molecular complexity index is 1250. The largest absolute Gasteiger partial charge is 0.487 e. The minimum atomic E-state index is -0.337. The third kappa shape index (κ3) is 5.30. The Morgan fingerprint density at radius 1 is 0.935 bits per heavy atom. The monoisotopic (exact) mass is 429 g/mol. The number of benzene rings is 3. The van der Waals surface area contributed by atoms with Crippen molar-refractivity contribution in [2.75, 3.05) is 0 Å². The molecule has 4 nitrogen and oxygen atoms in total. The molecular weight excluding hydrogens is 410 g/mol. The molecule has 154 valence electrons. The van der Waals surface area contributed by atoms with Gasteiger partial charge in [-0.1, -0.05) is 66.2 Å². The van der Waals surface area contributed by atoms with Gasteiger partial charge in [0.15, 0.2) is 0 Å². The van der Waals surface area contributed by atoms with E-state index in [1.807, 2.05) is 78.9 Å². The zero-order valence-electron chi connectivity index (χ0n) is 16.9. The molecular formula is C26H20ClNO3. The molecule has 4 rings (SSSR count). The number of halogens is 1. The predicted molar refractivity (Wildman–Crippen MR) is 124 cm³/mol. The number of nitrogens with zero attached hydrogens (tertiary/aromatic N) is 1. The van der Waals surface area contributed by atoms with Crippen molar-refractivity contribution in [2.24, 2.45) is 0 Å². The minimum Gasteiger partial charge on any atom is -0.487 e. The van der Waals surface area contributed by atoms with E-state index in [-0.39, 0.29) is 5.97 Å². The molecule has 0 bridgehead atoms. The average Bonchev–Trinajstić information content (AvgIpc) is 2.77. The van der Waals surface area contributed by atoms with Gasteiger partial charge in [-0.3, -0.25) is 4.79 Å². The Balaban J connectivity index is 1.54. The van der Waals surface area contributed by atoms with Crippen molar-refractivity contribution < 1.29 is 14.3 Å². The number of ether oxygens (including phenoxy) is 2. The van der Waals surface area contributed by atoms with Gasteiger partial charge in [0.2, 0.25) is 0 Å². The van der Waals surface area contributed by atoms with E-state index in [4.69, 9.17) is 26.1 Å². The van der Waals surface area contributed by atoms with Crippen LogP contribution in [0, 0.1) is 0 Å². The van der Waals surface area contributed by atoms with Crippen molar-refractivity contribution in [2.45, 2.75) is 13.5 Å². The van der Waals surface area contributed by atoms with Crippen LogP contribution < -0.4 is 9.47 Å². The van der Waals surface area contributed by atoms with Gasteiger partial charge >= 0.3 is 5.97 Å². The van der Waals surface area contributed by atoms with Gasteiger partial charge in [-0.15, -0.1) is 0 Å². The number of fused-ring (bicyclic) bond motifs is 1. The molecule has 31 heavy (non-hydrogen) atoms. The molecule has 0 atom stereocenters. The van der Waals surface area contributed by atoms with Gasteiger partial charge in [0.25, 0.3) is 0 Å². The first-order chi connectivity index (χ1) is 15.1. The summed E-state index contributed by atoms with van der Waals surface area (Å²) in [5.41, 5.74) is 3.50. The van der Waals surface area contributed by atoms with Crippen LogP contribution in [0.3, 0.4) is 0 Å². The van der Waals surface area contributed by atoms with E-state index in [2.05, 4.69) is 0 Å². The first kappa shape index (κ1) is 20.6. The van der Waals surface area contributed by atoms with Crippen LogP contribution in [0.5, 0.6) is 11.5 Å². The summed E-state index contributed by atoms with van der Waals surface area (Å²) in [6.45, 7) is 1.75. The number of para-hydroxylation sites is 1. The minimum absolute atomic E-state index is 0.337. The van der Waals surface area contributed by atoms with Crippen molar-refractivity contribution >= 4 is 40.6 Å². The van der Waals surface area contributed by atoms with Crippen molar-refractivity contribution in [3.63, 3.8) is 0 Å². The van der Waals surface area contributed by atoms with Crippen LogP contribution in [0.1, 0.15) is 23.7 Å². The third-order valence-electron chi connectivity index (χ3n) is 4.63. The molecule has 0 aliphatic rings. The number of hydrogen-bond donors (Lipinski definition) is 0. The number of rotatable bonds is 6. The van der Waals surface area contributed by atoms with Gasteiger partial charge in [-0.05, 0) is 42.0 Å². The summed E-state index contributed by atoms with van der Waals surface area (Å²) in [7, 11) is 0. The maximum Gasteiger partial charge on any atom is 0.308 e. The lowest BCUT2D eigenvalue weighted by atomic mass is 10.1. The molecule has 1 heterocycles. The number of carbonyl (C=O) groups excluding carboxylic acids is 1. The maximum atomic E-state index is 11.0. The Morgan fingerprint density at radius 3 is 2.52 bits per heavy atom. The van der Waals surface area contributed by atoms with E-state index >= 15 is 0 Å². The first-order valence-corrected chi connectivity index (χ1v) is 10.2. The summed E-state index contributed by atoms with van der Waals surface area (Å²) >= 11 is 6.24. The number of pyridine rings is 1. The summed E-state index contributed by atoms with van der Waals surface area (Å²) in [4.78, 5) is 15.8. The summed E-state index contributed by atoms with van der Waals surface area (Å²) in [6, 6.07) is 24.8. The Kier molecular flexibility index (Phi) is 6.29. The van der Waals surface area contributed by atoms with Crippen molar-refractivity contribution in [3.05, 3.63) is 101 Å². The smallest absolute Gasteiger partial charge is 0.308 e. The van der Waals surface area contributed by atoms with Gasteiger partial charge in [-0.25, -0.2) is 4.98 Å². The van der Waals surface area contributed by atoms with Crippen LogP contribution in [0.2, 0.25) is 5.02 Å². The lowest BCUT2D eigenvalue weighted by Crippen LogP contribution is -2.00. The number of aromatic nitrogens is 1. The zero-order chi connectivity index (χ0) is 21.6. The SMILES string of the molecule is CC(=O)Oc1ccc(C=Cc2ccc3cccc(OCc4ccccc4Cl)c3n2)cc1. The molecule has 0 aliphatic carbocycles. The standard InChI is InChI=1S/C26H20ClNO3/c1-18(29)31-23-15-10-19(11-16-23)9-13-22-14-12-20-6-4-8-25(26(20)28-22)30-17-21-5-2-3-7-24(21)27/h2-16H,17H2,1H3. The van der Waals surface area contributed by atoms with Crippen LogP contribution in [-0.4, -0.2) is 11.0 Å². The Morgan fingerprint density at radius 2 is 1.74 bits per heavy atom. The molecule has 0 spiro atoms. The van der Waals surface area contributed by atoms with E-state index in [1.165, 1.54) is 6.92 Å². The number of carbonyl (C=O) groups is 1. The second-order valence-corrected chi connectivity index (χ2v) is 7.35. The first-order valence-electron chi connectivity index (χ1n) is 9.81. The fourth-order valence-electron chi connectivity index (χ4n) is 3.11.